The van der Waals surface area contributed by atoms with Crippen LogP contribution in [-0.2, 0) is 11.2 Å². The van der Waals surface area contributed by atoms with Gasteiger partial charge in [-0.2, -0.15) is 0 Å². The number of piperidine rings is 1. The number of anilines is 1. The monoisotopic (exact) mass is 264 g/mol. The first kappa shape index (κ1) is 12.9. The second-order valence-electron chi connectivity index (χ2n) is 5.33. The lowest BCUT2D eigenvalue weighted by Gasteiger charge is -2.25. The van der Waals surface area contributed by atoms with Crippen molar-refractivity contribution >= 4 is 5.69 Å². The van der Waals surface area contributed by atoms with Gasteiger partial charge in [0.2, 0.25) is 0 Å². The zero-order valence-electron chi connectivity index (χ0n) is 11.2. The first-order valence-electron chi connectivity index (χ1n) is 7.18. The summed E-state index contributed by atoms with van der Waals surface area (Å²) in [5.74, 6) is -0.148. The lowest BCUT2D eigenvalue weighted by Crippen LogP contribution is -2.34. The third-order valence-electron chi connectivity index (χ3n) is 4.04. The lowest BCUT2D eigenvalue weighted by atomic mass is 10.1. The second-order valence-corrected chi connectivity index (χ2v) is 5.33. The normalized spacial score (nSPS) is 19.7. The van der Waals surface area contributed by atoms with Gasteiger partial charge in [-0.15, -0.1) is 0 Å². The smallest absolute Gasteiger partial charge is 0.125 e. The highest BCUT2D eigenvalue weighted by Gasteiger charge is 2.20. The van der Waals surface area contributed by atoms with Gasteiger partial charge in [0, 0.05) is 18.8 Å². The molecule has 0 unspecified atom stereocenters. The summed E-state index contributed by atoms with van der Waals surface area (Å²) in [5.41, 5.74) is 2.30. The molecule has 1 aromatic carbocycles. The first-order valence-corrected chi connectivity index (χ1v) is 7.18. The highest BCUT2D eigenvalue weighted by Crippen LogP contribution is 2.28. The zero-order valence-corrected chi connectivity index (χ0v) is 11.2. The molecule has 0 amide bonds. The SMILES string of the molecule is Fc1ccc2c(c1)N(CCOC1CCNCC1)CC2. The van der Waals surface area contributed by atoms with E-state index in [0.29, 0.717) is 6.10 Å². The quantitative estimate of drug-likeness (QED) is 0.899. The summed E-state index contributed by atoms with van der Waals surface area (Å²) in [6, 6.07) is 5.10. The predicted octanol–water partition coefficient (Wildman–Crippen LogP) is 1.96. The summed E-state index contributed by atoms with van der Waals surface area (Å²) in [6.45, 7) is 4.69. The lowest BCUT2D eigenvalue weighted by molar-refractivity contribution is 0.0374. The van der Waals surface area contributed by atoms with Crippen LogP contribution in [0.25, 0.3) is 0 Å². The molecule has 1 saturated heterocycles. The highest BCUT2D eigenvalue weighted by molar-refractivity contribution is 5.58. The van der Waals surface area contributed by atoms with Gasteiger partial charge in [-0.25, -0.2) is 4.39 Å². The molecule has 2 aliphatic rings. The van der Waals surface area contributed by atoms with E-state index in [2.05, 4.69) is 10.2 Å². The van der Waals surface area contributed by atoms with Gasteiger partial charge in [0.25, 0.3) is 0 Å². The number of nitrogens with one attached hydrogen (secondary N) is 1. The van der Waals surface area contributed by atoms with Crippen LogP contribution in [0.5, 0.6) is 0 Å². The Hall–Kier alpha value is -1.13. The van der Waals surface area contributed by atoms with Crippen LogP contribution >= 0.6 is 0 Å². The number of halogens is 1. The average Bonchev–Trinajstić information content (AvgIpc) is 2.83. The van der Waals surface area contributed by atoms with Gasteiger partial charge in [0.05, 0.1) is 12.7 Å². The third-order valence-corrected chi connectivity index (χ3v) is 4.04. The Labute approximate surface area is 113 Å². The highest BCUT2D eigenvalue weighted by atomic mass is 19.1. The van der Waals surface area contributed by atoms with E-state index in [1.165, 1.54) is 5.56 Å². The van der Waals surface area contributed by atoms with E-state index in [4.69, 9.17) is 4.74 Å². The Kier molecular flexibility index (Phi) is 3.99. The van der Waals surface area contributed by atoms with E-state index in [1.54, 1.807) is 12.1 Å². The molecule has 4 heteroatoms. The van der Waals surface area contributed by atoms with Gasteiger partial charge in [-0.05, 0) is 50.0 Å². The molecular formula is C15H21FN2O. The van der Waals surface area contributed by atoms with E-state index in [0.717, 1.165) is 57.7 Å². The molecule has 0 saturated carbocycles. The molecule has 2 heterocycles. The topological polar surface area (TPSA) is 24.5 Å². The first-order chi connectivity index (χ1) is 9.33. The molecule has 2 aliphatic heterocycles. The van der Waals surface area contributed by atoms with Crippen LogP contribution in [0.2, 0.25) is 0 Å². The van der Waals surface area contributed by atoms with Gasteiger partial charge in [-0.1, -0.05) is 6.07 Å². The predicted molar refractivity (Wildman–Crippen MR) is 74.2 cm³/mol. The van der Waals surface area contributed by atoms with E-state index in [9.17, 15) is 4.39 Å². The molecule has 0 aromatic heterocycles. The fraction of sp³-hybridized carbons (Fsp3) is 0.600. The Balaban J connectivity index is 1.50. The molecule has 1 N–H and O–H groups in total. The summed E-state index contributed by atoms with van der Waals surface area (Å²) in [4.78, 5) is 2.24. The average molecular weight is 264 g/mol. The standard InChI is InChI=1S/C15H21FN2O/c16-13-2-1-12-5-8-18(15(12)11-13)9-10-19-14-3-6-17-7-4-14/h1-2,11,14,17H,3-10H2. The van der Waals surface area contributed by atoms with Gasteiger partial charge in [-0.3, -0.25) is 0 Å². The molecule has 1 fully saturated rings. The molecule has 1 aromatic rings. The Morgan fingerprint density at radius 3 is 3.00 bits per heavy atom. The summed E-state index contributed by atoms with van der Waals surface area (Å²) in [5, 5.41) is 3.33. The van der Waals surface area contributed by atoms with Gasteiger partial charge < -0.3 is 15.0 Å². The Morgan fingerprint density at radius 1 is 1.32 bits per heavy atom. The zero-order chi connectivity index (χ0) is 13.1. The molecule has 0 aliphatic carbocycles. The largest absolute Gasteiger partial charge is 0.376 e. The fourth-order valence-corrected chi connectivity index (χ4v) is 2.94. The molecule has 0 bridgehead atoms. The van der Waals surface area contributed by atoms with Crippen LogP contribution in [0.3, 0.4) is 0 Å². The van der Waals surface area contributed by atoms with E-state index in [1.807, 2.05) is 6.07 Å². The molecule has 19 heavy (non-hydrogen) atoms. The van der Waals surface area contributed by atoms with Crippen molar-refractivity contribution in [3.05, 3.63) is 29.6 Å². The van der Waals surface area contributed by atoms with Gasteiger partial charge in [0.15, 0.2) is 0 Å². The van der Waals surface area contributed by atoms with Crippen LogP contribution < -0.4 is 10.2 Å². The van der Waals surface area contributed by atoms with E-state index in [-0.39, 0.29) is 5.82 Å². The number of nitrogens with zero attached hydrogens (tertiary/aromatic N) is 1. The van der Waals surface area contributed by atoms with Crippen molar-refractivity contribution in [1.82, 2.24) is 5.32 Å². The number of hydrogen-bond acceptors (Lipinski definition) is 3. The van der Waals surface area contributed by atoms with Crippen molar-refractivity contribution in [2.45, 2.75) is 25.4 Å². The maximum absolute atomic E-state index is 13.3. The Bertz CT molecular complexity index is 432. The van der Waals surface area contributed by atoms with Gasteiger partial charge >= 0.3 is 0 Å². The van der Waals surface area contributed by atoms with Crippen molar-refractivity contribution in [3.8, 4) is 0 Å². The van der Waals surface area contributed by atoms with Gasteiger partial charge in [0.1, 0.15) is 5.82 Å². The maximum Gasteiger partial charge on any atom is 0.125 e. The molecule has 0 spiro atoms. The number of fused-ring (bicyclic) bond motifs is 1. The molecule has 0 atom stereocenters. The van der Waals surface area contributed by atoms with Crippen LogP contribution in [0.4, 0.5) is 10.1 Å². The second kappa shape index (κ2) is 5.88. The maximum atomic E-state index is 13.3. The summed E-state index contributed by atoms with van der Waals surface area (Å²) < 4.78 is 19.2. The molecular weight excluding hydrogens is 243 g/mol. The van der Waals surface area contributed by atoms with Crippen molar-refractivity contribution in [2.24, 2.45) is 0 Å². The van der Waals surface area contributed by atoms with Crippen LogP contribution in [0.1, 0.15) is 18.4 Å². The van der Waals surface area contributed by atoms with Crippen molar-refractivity contribution in [3.63, 3.8) is 0 Å². The number of benzene rings is 1. The molecule has 0 radical (unpaired) electrons. The minimum absolute atomic E-state index is 0.148. The molecule has 104 valence electrons. The van der Waals surface area contributed by atoms with Crippen molar-refractivity contribution in [2.75, 3.05) is 37.7 Å². The fourth-order valence-electron chi connectivity index (χ4n) is 2.94. The molecule has 3 rings (SSSR count). The van der Waals surface area contributed by atoms with E-state index >= 15 is 0 Å². The number of hydrogen-bond donors (Lipinski definition) is 1. The van der Waals surface area contributed by atoms with Crippen LogP contribution in [-0.4, -0.2) is 38.9 Å². The summed E-state index contributed by atoms with van der Waals surface area (Å²) in [6.07, 6.45) is 3.62. The minimum atomic E-state index is -0.148. The van der Waals surface area contributed by atoms with Crippen LogP contribution in [0, 0.1) is 5.82 Å². The summed E-state index contributed by atoms with van der Waals surface area (Å²) in [7, 11) is 0. The minimum Gasteiger partial charge on any atom is -0.376 e. The number of ether oxygens (including phenoxy) is 1. The van der Waals surface area contributed by atoms with E-state index < -0.39 is 0 Å². The summed E-state index contributed by atoms with van der Waals surface area (Å²) >= 11 is 0. The van der Waals surface area contributed by atoms with Crippen LogP contribution in [0.15, 0.2) is 18.2 Å². The third kappa shape index (κ3) is 3.07. The van der Waals surface area contributed by atoms with Crippen molar-refractivity contribution < 1.29 is 9.13 Å². The Morgan fingerprint density at radius 2 is 2.16 bits per heavy atom. The van der Waals surface area contributed by atoms with Crippen molar-refractivity contribution in [1.29, 1.82) is 0 Å². The molecule has 3 nitrogen and oxygen atoms in total. The number of rotatable bonds is 4.